The second-order valence-electron chi connectivity index (χ2n) is 5.21. The van der Waals surface area contributed by atoms with Crippen molar-refractivity contribution in [2.24, 2.45) is 16.6 Å². The molecule has 6 heteroatoms. The van der Waals surface area contributed by atoms with Crippen molar-refractivity contribution in [1.29, 1.82) is 0 Å². The zero-order valence-corrected chi connectivity index (χ0v) is 15.4. The molecule has 0 fully saturated rings. The Balaban J connectivity index is 0.00000400. The van der Waals surface area contributed by atoms with E-state index < -0.39 is 0 Å². The first kappa shape index (κ1) is 19.7. The number of guanidine groups is 1. The van der Waals surface area contributed by atoms with Crippen LogP contribution in [0.25, 0.3) is 0 Å². The molecule has 0 saturated carbocycles. The summed E-state index contributed by atoms with van der Waals surface area (Å²) in [4.78, 5) is 15.5. The molecular formula is C15H25IN4O. The lowest BCUT2D eigenvalue weighted by Crippen LogP contribution is -2.31. The average molecular weight is 404 g/mol. The van der Waals surface area contributed by atoms with Crippen LogP contribution in [-0.2, 0) is 4.79 Å². The Hall–Kier alpha value is -1.31. The maximum absolute atomic E-state index is 11.3. The topological polar surface area (TPSA) is 79.5 Å². The molecule has 4 N–H and O–H groups in total. The van der Waals surface area contributed by atoms with Crippen molar-refractivity contribution < 1.29 is 4.79 Å². The maximum atomic E-state index is 11.3. The zero-order valence-electron chi connectivity index (χ0n) is 13.1. The van der Waals surface area contributed by atoms with Gasteiger partial charge in [-0.2, -0.15) is 0 Å². The van der Waals surface area contributed by atoms with Crippen LogP contribution in [0.5, 0.6) is 0 Å². The zero-order chi connectivity index (χ0) is 15.1. The van der Waals surface area contributed by atoms with Crippen LogP contribution in [-0.4, -0.2) is 25.0 Å². The summed E-state index contributed by atoms with van der Waals surface area (Å²) in [6.45, 7) is 8.73. The number of nitrogens with zero attached hydrogens (tertiary/aromatic N) is 1. The van der Waals surface area contributed by atoms with Crippen molar-refractivity contribution in [3.8, 4) is 0 Å². The van der Waals surface area contributed by atoms with E-state index in [-0.39, 0.29) is 35.8 Å². The normalized spacial score (nSPS) is 11.0. The molecule has 0 aliphatic heterocycles. The minimum atomic E-state index is -0.00952. The van der Waals surface area contributed by atoms with Gasteiger partial charge in [0, 0.05) is 18.2 Å². The molecule has 1 aromatic carbocycles. The highest BCUT2D eigenvalue weighted by atomic mass is 127. The van der Waals surface area contributed by atoms with Crippen molar-refractivity contribution >= 4 is 41.5 Å². The summed E-state index contributed by atoms with van der Waals surface area (Å²) >= 11 is 0. The van der Waals surface area contributed by atoms with Gasteiger partial charge in [-0.05, 0) is 37.1 Å². The summed E-state index contributed by atoms with van der Waals surface area (Å²) in [5, 5.41) is 5.84. The minimum absolute atomic E-state index is 0. The molecule has 118 valence electrons. The van der Waals surface area contributed by atoms with Crippen LogP contribution in [0, 0.1) is 19.8 Å². The van der Waals surface area contributed by atoms with Crippen molar-refractivity contribution in [3.63, 3.8) is 0 Å². The molecule has 0 heterocycles. The van der Waals surface area contributed by atoms with Gasteiger partial charge in [0.15, 0.2) is 5.96 Å². The summed E-state index contributed by atoms with van der Waals surface area (Å²) in [7, 11) is 0. The molecule has 0 radical (unpaired) electrons. The maximum Gasteiger partial charge on any atom is 0.222 e. The fraction of sp³-hybridized carbons (Fsp3) is 0.467. The Morgan fingerprint density at radius 2 is 1.81 bits per heavy atom. The monoisotopic (exact) mass is 404 g/mol. The number of halogens is 1. The molecule has 0 atom stereocenters. The van der Waals surface area contributed by atoms with E-state index in [1.165, 1.54) is 11.1 Å². The van der Waals surface area contributed by atoms with E-state index in [4.69, 9.17) is 5.73 Å². The van der Waals surface area contributed by atoms with Crippen LogP contribution in [0.2, 0.25) is 0 Å². The van der Waals surface area contributed by atoms with Gasteiger partial charge in [-0.3, -0.25) is 9.79 Å². The van der Waals surface area contributed by atoms with E-state index in [1.54, 1.807) is 0 Å². The number of anilines is 1. The van der Waals surface area contributed by atoms with Gasteiger partial charge in [0.25, 0.3) is 0 Å². The van der Waals surface area contributed by atoms with Crippen LogP contribution in [0.3, 0.4) is 0 Å². The first-order chi connectivity index (χ1) is 9.38. The molecule has 5 nitrogen and oxygen atoms in total. The highest BCUT2D eigenvalue weighted by Crippen LogP contribution is 2.13. The molecule has 21 heavy (non-hydrogen) atoms. The smallest absolute Gasteiger partial charge is 0.222 e. The molecule has 0 aromatic heterocycles. The van der Waals surface area contributed by atoms with E-state index in [9.17, 15) is 4.79 Å². The molecule has 1 amide bonds. The van der Waals surface area contributed by atoms with Gasteiger partial charge < -0.3 is 16.4 Å². The number of benzene rings is 1. The first-order valence-corrected chi connectivity index (χ1v) is 6.81. The van der Waals surface area contributed by atoms with Crippen molar-refractivity contribution in [2.75, 3.05) is 18.4 Å². The first-order valence-electron chi connectivity index (χ1n) is 6.81. The van der Waals surface area contributed by atoms with Crippen LogP contribution >= 0.6 is 24.0 Å². The molecule has 0 aliphatic rings. The lowest BCUT2D eigenvalue weighted by molar-refractivity contribution is -0.123. The summed E-state index contributed by atoms with van der Waals surface area (Å²) in [6, 6.07) is 6.12. The van der Waals surface area contributed by atoms with Gasteiger partial charge in [-0.1, -0.05) is 19.9 Å². The van der Waals surface area contributed by atoms with Gasteiger partial charge in [0.1, 0.15) is 0 Å². The number of aliphatic imine (C=N–C) groups is 1. The number of hydrogen-bond acceptors (Lipinski definition) is 2. The molecule has 0 spiro atoms. The summed E-state index contributed by atoms with van der Waals surface area (Å²) in [5.41, 5.74) is 9.08. The summed E-state index contributed by atoms with van der Waals surface area (Å²) in [5.74, 6) is 0.375. The van der Waals surface area contributed by atoms with E-state index in [0.29, 0.717) is 19.0 Å². The van der Waals surface area contributed by atoms with Crippen molar-refractivity contribution in [2.45, 2.75) is 27.7 Å². The predicted octanol–water partition coefficient (Wildman–Crippen LogP) is 2.42. The number of rotatable bonds is 5. The fourth-order valence-electron chi connectivity index (χ4n) is 1.79. The lowest BCUT2D eigenvalue weighted by atomic mass is 10.1. The number of nitrogens with one attached hydrogen (secondary N) is 2. The lowest BCUT2D eigenvalue weighted by Gasteiger charge is -2.09. The number of carbonyl (C=O) groups excluding carboxylic acids is 1. The van der Waals surface area contributed by atoms with Gasteiger partial charge in [0.2, 0.25) is 5.91 Å². The Kier molecular flexibility index (Phi) is 9.00. The van der Waals surface area contributed by atoms with Gasteiger partial charge >= 0.3 is 0 Å². The third kappa shape index (κ3) is 7.89. The molecule has 0 bridgehead atoms. The Morgan fingerprint density at radius 3 is 2.33 bits per heavy atom. The minimum Gasteiger partial charge on any atom is -0.370 e. The fourth-order valence-corrected chi connectivity index (χ4v) is 1.79. The number of carbonyl (C=O) groups is 1. The Morgan fingerprint density at radius 1 is 1.24 bits per heavy atom. The van der Waals surface area contributed by atoms with E-state index in [2.05, 4.69) is 21.7 Å². The second-order valence-corrected chi connectivity index (χ2v) is 5.21. The van der Waals surface area contributed by atoms with Crippen LogP contribution in [0.1, 0.15) is 25.0 Å². The number of nitrogens with two attached hydrogens (primary N) is 1. The highest BCUT2D eigenvalue weighted by Gasteiger charge is 2.04. The molecule has 1 aromatic rings. The SMILES string of the molecule is Cc1cc(C)cc(NC(N)=NCCNC(=O)C(C)C)c1.I. The third-order valence-electron chi connectivity index (χ3n) is 2.71. The van der Waals surface area contributed by atoms with Gasteiger partial charge in [0.05, 0.1) is 6.54 Å². The van der Waals surface area contributed by atoms with Gasteiger partial charge in [-0.15, -0.1) is 24.0 Å². The van der Waals surface area contributed by atoms with Crippen molar-refractivity contribution in [1.82, 2.24) is 5.32 Å². The number of hydrogen-bond donors (Lipinski definition) is 3. The van der Waals surface area contributed by atoms with E-state index in [1.807, 2.05) is 39.8 Å². The summed E-state index contributed by atoms with van der Waals surface area (Å²) in [6.07, 6.45) is 0. The molecule has 1 rings (SSSR count). The van der Waals surface area contributed by atoms with Crippen LogP contribution in [0.4, 0.5) is 5.69 Å². The third-order valence-corrected chi connectivity index (χ3v) is 2.71. The van der Waals surface area contributed by atoms with Crippen LogP contribution in [0.15, 0.2) is 23.2 Å². The Bertz CT molecular complexity index is 480. The standard InChI is InChI=1S/C15H24N4O.HI/c1-10(2)14(20)17-5-6-18-15(16)19-13-8-11(3)7-12(4)9-13;/h7-10H,5-6H2,1-4H3,(H,17,20)(H3,16,18,19);1H. The average Bonchev–Trinajstić information content (AvgIpc) is 2.32. The largest absolute Gasteiger partial charge is 0.370 e. The molecule has 0 saturated heterocycles. The highest BCUT2D eigenvalue weighted by molar-refractivity contribution is 14.0. The van der Waals surface area contributed by atoms with Crippen LogP contribution < -0.4 is 16.4 Å². The molecule has 0 unspecified atom stereocenters. The van der Waals surface area contributed by atoms with E-state index >= 15 is 0 Å². The van der Waals surface area contributed by atoms with Crippen molar-refractivity contribution in [3.05, 3.63) is 29.3 Å². The number of aryl methyl sites for hydroxylation is 2. The second kappa shape index (κ2) is 9.59. The molecule has 0 aliphatic carbocycles. The molecular weight excluding hydrogens is 379 g/mol. The van der Waals surface area contributed by atoms with E-state index in [0.717, 1.165) is 5.69 Å². The predicted molar refractivity (Wildman–Crippen MR) is 99.3 cm³/mol. The number of amides is 1. The van der Waals surface area contributed by atoms with Gasteiger partial charge in [-0.25, -0.2) is 0 Å². The summed E-state index contributed by atoms with van der Waals surface area (Å²) < 4.78 is 0. The Labute approximate surface area is 143 Å². The quantitative estimate of drug-likeness (QED) is 0.305.